The number of sulfonamides is 1. The van der Waals surface area contributed by atoms with Crippen LogP contribution in [0.25, 0.3) is 0 Å². The molecule has 2 unspecified atom stereocenters. The Morgan fingerprint density at radius 1 is 1.40 bits per heavy atom. The molecule has 0 aromatic heterocycles. The zero-order valence-electron chi connectivity index (χ0n) is 11.8. The first-order valence-electron chi connectivity index (χ1n) is 6.66. The fraction of sp³-hybridized carbons (Fsp3) is 0.538. The monoisotopic (exact) mass is 298 g/mol. The maximum absolute atomic E-state index is 11.6. The highest BCUT2D eigenvalue weighted by Gasteiger charge is 2.24. The summed E-state index contributed by atoms with van der Waals surface area (Å²) in [5, 5.41) is 8.54. The highest BCUT2D eigenvalue weighted by atomic mass is 32.2. The molecule has 0 amide bonds. The first-order chi connectivity index (χ1) is 9.27. The largest absolute Gasteiger partial charge is 0.399 e. The van der Waals surface area contributed by atoms with Gasteiger partial charge < -0.3 is 16.0 Å². The molecule has 1 fully saturated rings. The molecule has 0 aliphatic carbocycles. The second-order valence-electron chi connectivity index (χ2n) is 5.50. The fourth-order valence-electron chi connectivity index (χ4n) is 2.53. The Labute approximate surface area is 120 Å². The summed E-state index contributed by atoms with van der Waals surface area (Å²) in [4.78, 5) is 2.35. The molecule has 7 heteroatoms. The van der Waals surface area contributed by atoms with Crippen LogP contribution < -0.4 is 16.2 Å². The third-order valence-corrected chi connectivity index (χ3v) is 4.83. The Bertz CT molecular complexity index is 588. The molecule has 1 heterocycles. The van der Waals surface area contributed by atoms with Crippen molar-refractivity contribution in [3.8, 4) is 0 Å². The van der Waals surface area contributed by atoms with Crippen LogP contribution >= 0.6 is 0 Å². The van der Waals surface area contributed by atoms with Crippen molar-refractivity contribution in [2.24, 2.45) is 5.14 Å². The molecule has 1 aliphatic rings. The van der Waals surface area contributed by atoms with Crippen LogP contribution in [-0.4, -0.2) is 39.0 Å². The van der Waals surface area contributed by atoms with E-state index in [1.807, 2.05) is 0 Å². The van der Waals surface area contributed by atoms with Crippen molar-refractivity contribution in [3.05, 3.63) is 18.2 Å². The molecule has 0 spiro atoms. The summed E-state index contributed by atoms with van der Waals surface area (Å²) in [5.74, 6) is 0. The Balaban J connectivity index is 2.22. The Kier molecular flexibility index (Phi) is 4.22. The number of rotatable bonds is 3. The van der Waals surface area contributed by atoms with Gasteiger partial charge in [0.1, 0.15) is 4.90 Å². The van der Waals surface area contributed by atoms with Crippen molar-refractivity contribution in [2.45, 2.75) is 36.7 Å². The van der Waals surface area contributed by atoms with Crippen molar-refractivity contribution < 1.29 is 8.42 Å². The van der Waals surface area contributed by atoms with Gasteiger partial charge in [0, 0.05) is 24.3 Å². The van der Waals surface area contributed by atoms with Gasteiger partial charge in [-0.05, 0) is 45.0 Å². The number of primary sulfonamides is 1. The average molecular weight is 298 g/mol. The minimum atomic E-state index is -3.78. The first-order valence-corrected chi connectivity index (χ1v) is 8.21. The molecular formula is C13H22N4O2S. The molecule has 0 saturated carbocycles. The molecule has 1 aliphatic heterocycles. The number of nitrogens with one attached hydrogen (secondary N) is 1. The molecule has 5 N–H and O–H groups in total. The van der Waals surface area contributed by atoms with Gasteiger partial charge in [-0.2, -0.15) is 0 Å². The molecule has 6 nitrogen and oxygen atoms in total. The molecular weight excluding hydrogens is 276 g/mol. The Morgan fingerprint density at radius 2 is 2.10 bits per heavy atom. The molecule has 0 bridgehead atoms. The van der Waals surface area contributed by atoms with Crippen LogP contribution in [0.3, 0.4) is 0 Å². The summed E-state index contributed by atoms with van der Waals surface area (Å²) in [6.45, 7) is 3.15. The lowest BCUT2D eigenvalue weighted by atomic mass is 9.98. The molecule has 1 saturated heterocycles. The van der Waals surface area contributed by atoms with E-state index >= 15 is 0 Å². The van der Waals surface area contributed by atoms with Gasteiger partial charge in [-0.3, -0.25) is 0 Å². The van der Waals surface area contributed by atoms with Gasteiger partial charge in [0.05, 0.1) is 5.69 Å². The van der Waals surface area contributed by atoms with Crippen molar-refractivity contribution in [1.82, 2.24) is 4.90 Å². The van der Waals surface area contributed by atoms with Gasteiger partial charge in [0.15, 0.2) is 0 Å². The van der Waals surface area contributed by atoms with E-state index in [0.29, 0.717) is 17.4 Å². The number of likely N-dealkylation sites (tertiary alicyclic amines) is 1. The number of benzene rings is 1. The number of nitrogens with zero attached hydrogens (tertiary/aromatic N) is 1. The lowest BCUT2D eigenvalue weighted by Gasteiger charge is -2.36. The second kappa shape index (κ2) is 5.59. The van der Waals surface area contributed by atoms with E-state index in [-0.39, 0.29) is 10.9 Å². The normalized spacial score (nSPS) is 24.6. The lowest BCUT2D eigenvalue weighted by molar-refractivity contribution is 0.190. The van der Waals surface area contributed by atoms with E-state index in [1.165, 1.54) is 6.07 Å². The average Bonchev–Trinajstić information content (AvgIpc) is 2.35. The third kappa shape index (κ3) is 3.41. The fourth-order valence-corrected chi connectivity index (χ4v) is 3.27. The molecule has 0 radical (unpaired) electrons. The summed E-state index contributed by atoms with van der Waals surface area (Å²) in [5.41, 5.74) is 6.56. The zero-order valence-corrected chi connectivity index (χ0v) is 12.7. The van der Waals surface area contributed by atoms with E-state index in [9.17, 15) is 8.42 Å². The minimum Gasteiger partial charge on any atom is -0.399 e. The van der Waals surface area contributed by atoms with Gasteiger partial charge >= 0.3 is 0 Å². The summed E-state index contributed by atoms with van der Waals surface area (Å²) >= 11 is 0. The smallest absolute Gasteiger partial charge is 0.240 e. The van der Waals surface area contributed by atoms with Crippen LogP contribution in [-0.2, 0) is 10.0 Å². The Morgan fingerprint density at radius 3 is 2.70 bits per heavy atom. The SMILES string of the molecule is CC1CC(Nc2ccc(N)cc2S(N)(=O)=O)CCN1C. The molecule has 112 valence electrons. The number of hydrogen-bond donors (Lipinski definition) is 3. The summed E-state index contributed by atoms with van der Waals surface area (Å²) in [6.07, 6.45) is 1.93. The highest BCUT2D eigenvalue weighted by molar-refractivity contribution is 7.89. The number of nitrogen functional groups attached to an aromatic ring is 1. The van der Waals surface area contributed by atoms with Crippen LogP contribution in [0.2, 0.25) is 0 Å². The van der Waals surface area contributed by atoms with Crippen molar-refractivity contribution >= 4 is 21.4 Å². The van der Waals surface area contributed by atoms with Crippen LogP contribution in [0.4, 0.5) is 11.4 Å². The highest BCUT2D eigenvalue weighted by Crippen LogP contribution is 2.26. The lowest BCUT2D eigenvalue weighted by Crippen LogP contribution is -2.42. The maximum Gasteiger partial charge on any atom is 0.240 e. The summed E-state index contributed by atoms with van der Waals surface area (Å²) < 4.78 is 23.3. The Hall–Kier alpha value is -1.31. The predicted octanol–water partition coefficient (Wildman–Crippen LogP) is 0.811. The van der Waals surface area contributed by atoms with E-state index in [2.05, 4.69) is 24.2 Å². The van der Waals surface area contributed by atoms with Gasteiger partial charge in [-0.1, -0.05) is 0 Å². The van der Waals surface area contributed by atoms with Crippen LogP contribution in [0.1, 0.15) is 19.8 Å². The van der Waals surface area contributed by atoms with Gasteiger partial charge in [0.2, 0.25) is 10.0 Å². The third-order valence-electron chi connectivity index (χ3n) is 3.88. The minimum absolute atomic E-state index is 0.0593. The van der Waals surface area contributed by atoms with E-state index in [1.54, 1.807) is 12.1 Å². The number of piperidine rings is 1. The first kappa shape index (κ1) is 15.1. The summed E-state index contributed by atoms with van der Waals surface area (Å²) in [7, 11) is -1.69. The molecule has 20 heavy (non-hydrogen) atoms. The van der Waals surface area contributed by atoms with Crippen LogP contribution in [0.5, 0.6) is 0 Å². The van der Waals surface area contributed by atoms with Crippen LogP contribution in [0.15, 0.2) is 23.1 Å². The summed E-state index contributed by atoms with van der Waals surface area (Å²) in [6, 6.07) is 5.46. The number of hydrogen-bond acceptors (Lipinski definition) is 5. The maximum atomic E-state index is 11.6. The van der Waals surface area contributed by atoms with Crippen molar-refractivity contribution in [3.63, 3.8) is 0 Å². The number of nitrogens with two attached hydrogens (primary N) is 2. The predicted molar refractivity (Wildman–Crippen MR) is 81.0 cm³/mol. The standard InChI is InChI=1S/C13H22N4O2S/c1-9-7-11(5-6-17(9)2)16-12-4-3-10(14)8-13(12)20(15,18)19/h3-4,8-9,11,16H,5-7,14H2,1-2H3,(H2,15,18,19). The second-order valence-corrected chi connectivity index (χ2v) is 7.03. The quantitative estimate of drug-likeness (QED) is 0.717. The van der Waals surface area contributed by atoms with E-state index in [4.69, 9.17) is 10.9 Å². The van der Waals surface area contributed by atoms with E-state index in [0.717, 1.165) is 19.4 Å². The zero-order chi connectivity index (χ0) is 14.9. The van der Waals surface area contributed by atoms with Crippen molar-refractivity contribution in [2.75, 3.05) is 24.6 Å². The van der Waals surface area contributed by atoms with Crippen molar-refractivity contribution in [1.29, 1.82) is 0 Å². The van der Waals surface area contributed by atoms with Crippen LogP contribution in [0, 0.1) is 0 Å². The number of anilines is 2. The van der Waals surface area contributed by atoms with Gasteiger partial charge in [-0.25, -0.2) is 13.6 Å². The molecule has 2 atom stereocenters. The van der Waals surface area contributed by atoms with Gasteiger partial charge in [0.25, 0.3) is 0 Å². The molecule has 1 aromatic carbocycles. The van der Waals surface area contributed by atoms with Gasteiger partial charge in [-0.15, -0.1) is 0 Å². The molecule has 1 aromatic rings. The molecule has 2 rings (SSSR count). The van der Waals surface area contributed by atoms with E-state index < -0.39 is 10.0 Å². The topological polar surface area (TPSA) is 101 Å².